The Morgan fingerprint density at radius 3 is 2.30 bits per heavy atom. The number of halogens is 2. The van der Waals surface area contributed by atoms with E-state index in [0.717, 1.165) is 6.26 Å². The number of rotatable bonds is 13. The molecule has 0 aromatic heterocycles. The van der Waals surface area contributed by atoms with Gasteiger partial charge in [-0.25, -0.2) is 12.8 Å². The summed E-state index contributed by atoms with van der Waals surface area (Å²) < 4.78 is 44.7. The molecule has 8 nitrogen and oxygen atoms in total. The molecule has 37 heavy (non-hydrogen) atoms. The summed E-state index contributed by atoms with van der Waals surface area (Å²) in [5, 5.41) is 3.11. The van der Waals surface area contributed by atoms with E-state index < -0.39 is 21.9 Å². The molecule has 0 saturated carbocycles. The van der Waals surface area contributed by atoms with Gasteiger partial charge in [-0.05, 0) is 62.6 Å². The molecule has 0 aliphatic rings. The van der Waals surface area contributed by atoms with Crippen LogP contribution in [-0.2, 0) is 26.2 Å². The number of benzene rings is 2. The van der Waals surface area contributed by atoms with Gasteiger partial charge in [0.1, 0.15) is 17.6 Å². The average molecular weight is 556 g/mol. The van der Waals surface area contributed by atoms with Crippen LogP contribution in [-0.4, -0.2) is 57.1 Å². The van der Waals surface area contributed by atoms with Crippen molar-refractivity contribution in [2.24, 2.45) is 0 Å². The van der Waals surface area contributed by atoms with Gasteiger partial charge < -0.3 is 15.0 Å². The summed E-state index contributed by atoms with van der Waals surface area (Å²) >= 11 is 6.18. The van der Waals surface area contributed by atoms with Gasteiger partial charge in [0.05, 0.1) is 24.1 Å². The van der Waals surface area contributed by atoms with E-state index in [9.17, 15) is 22.4 Å². The van der Waals surface area contributed by atoms with E-state index in [4.69, 9.17) is 16.3 Å². The van der Waals surface area contributed by atoms with Crippen LogP contribution in [0.3, 0.4) is 0 Å². The van der Waals surface area contributed by atoms with Crippen molar-refractivity contribution in [1.29, 1.82) is 0 Å². The summed E-state index contributed by atoms with van der Waals surface area (Å²) in [6.07, 6.45) is 1.67. The van der Waals surface area contributed by atoms with E-state index in [1.807, 2.05) is 20.8 Å². The zero-order valence-corrected chi connectivity index (χ0v) is 23.4. The number of anilines is 1. The largest absolute Gasteiger partial charge is 0.495 e. The maximum atomic E-state index is 13.4. The number of hydrogen-bond donors (Lipinski definition) is 1. The van der Waals surface area contributed by atoms with Gasteiger partial charge in [0.15, 0.2) is 0 Å². The second-order valence-corrected chi connectivity index (χ2v) is 11.3. The third-order valence-corrected chi connectivity index (χ3v) is 7.15. The highest BCUT2D eigenvalue weighted by molar-refractivity contribution is 7.92. The Labute approximate surface area is 223 Å². The van der Waals surface area contributed by atoms with Crippen LogP contribution in [0, 0.1) is 5.82 Å². The highest BCUT2D eigenvalue weighted by atomic mass is 35.5. The summed E-state index contributed by atoms with van der Waals surface area (Å²) in [6, 6.07) is 9.56. The first-order valence-electron chi connectivity index (χ1n) is 12.0. The number of carbonyl (C=O) groups is 2. The van der Waals surface area contributed by atoms with Crippen LogP contribution in [0.15, 0.2) is 42.5 Å². The lowest BCUT2D eigenvalue weighted by Crippen LogP contribution is -2.50. The van der Waals surface area contributed by atoms with Crippen LogP contribution >= 0.6 is 11.6 Å². The van der Waals surface area contributed by atoms with Gasteiger partial charge in [0, 0.05) is 25.6 Å². The fourth-order valence-electron chi connectivity index (χ4n) is 3.90. The maximum absolute atomic E-state index is 13.4. The van der Waals surface area contributed by atoms with Crippen molar-refractivity contribution < 1.29 is 27.1 Å². The van der Waals surface area contributed by atoms with Gasteiger partial charge in [-0.15, -0.1) is 0 Å². The molecule has 1 atom stereocenters. The Morgan fingerprint density at radius 2 is 1.78 bits per heavy atom. The molecule has 2 amide bonds. The summed E-state index contributed by atoms with van der Waals surface area (Å²) in [6.45, 7) is 5.64. The van der Waals surface area contributed by atoms with Crippen molar-refractivity contribution in [2.45, 2.75) is 58.7 Å². The minimum absolute atomic E-state index is 0.00254. The SMILES string of the molecule is CCC(C(=O)NC(C)C)N(Cc1ccc(F)cc1)C(=O)CCCN(c1ccc(OC)c(Cl)c1)S(C)(=O)=O. The fraction of sp³-hybridized carbons (Fsp3) is 0.462. The highest BCUT2D eigenvalue weighted by Gasteiger charge is 2.29. The predicted molar refractivity (Wildman–Crippen MR) is 144 cm³/mol. The van der Waals surface area contributed by atoms with Crippen molar-refractivity contribution >= 4 is 39.1 Å². The Morgan fingerprint density at radius 1 is 1.14 bits per heavy atom. The zero-order chi connectivity index (χ0) is 27.8. The number of carbonyl (C=O) groups excluding carboxylic acids is 2. The van der Waals surface area contributed by atoms with E-state index >= 15 is 0 Å². The first-order chi connectivity index (χ1) is 17.4. The van der Waals surface area contributed by atoms with E-state index in [-0.39, 0.29) is 48.8 Å². The van der Waals surface area contributed by atoms with Gasteiger partial charge in [-0.2, -0.15) is 0 Å². The van der Waals surface area contributed by atoms with Crippen LogP contribution in [0.25, 0.3) is 0 Å². The van der Waals surface area contributed by atoms with Gasteiger partial charge in [0.2, 0.25) is 21.8 Å². The average Bonchev–Trinajstić information content (AvgIpc) is 2.81. The van der Waals surface area contributed by atoms with Gasteiger partial charge in [-0.1, -0.05) is 30.7 Å². The second kappa shape index (κ2) is 13.6. The minimum atomic E-state index is -3.66. The van der Waals surface area contributed by atoms with Crippen LogP contribution in [0.5, 0.6) is 5.75 Å². The Kier molecular flexibility index (Phi) is 11.2. The minimum Gasteiger partial charge on any atom is -0.495 e. The third kappa shape index (κ3) is 8.89. The van der Waals surface area contributed by atoms with Crippen LogP contribution in [0.4, 0.5) is 10.1 Å². The lowest BCUT2D eigenvalue weighted by Gasteiger charge is -2.31. The first-order valence-corrected chi connectivity index (χ1v) is 14.3. The number of sulfonamides is 1. The molecule has 0 saturated heterocycles. The van der Waals surface area contributed by atoms with Crippen LogP contribution in [0.1, 0.15) is 45.6 Å². The molecule has 0 heterocycles. The smallest absolute Gasteiger partial charge is 0.243 e. The second-order valence-electron chi connectivity index (χ2n) is 8.99. The van der Waals surface area contributed by atoms with E-state index in [2.05, 4.69) is 5.32 Å². The highest BCUT2D eigenvalue weighted by Crippen LogP contribution is 2.30. The summed E-state index contributed by atoms with van der Waals surface area (Å²) in [4.78, 5) is 27.7. The van der Waals surface area contributed by atoms with Crippen molar-refractivity contribution in [3.8, 4) is 5.75 Å². The number of amides is 2. The molecule has 0 aliphatic carbocycles. The molecule has 11 heteroatoms. The maximum Gasteiger partial charge on any atom is 0.243 e. The van der Waals surface area contributed by atoms with Crippen molar-refractivity contribution in [3.63, 3.8) is 0 Å². The summed E-state index contributed by atoms with van der Waals surface area (Å²) in [7, 11) is -2.20. The molecular formula is C26H35ClFN3O5S. The molecule has 0 fully saturated rings. The quantitative estimate of drug-likeness (QED) is 0.396. The lowest BCUT2D eigenvalue weighted by atomic mass is 10.1. The normalized spacial score (nSPS) is 12.2. The van der Waals surface area contributed by atoms with Gasteiger partial charge >= 0.3 is 0 Å². The van der Waals surface area contributed by atoms with Crippen LogP contribution in [0.2, 0.25) is 5.02 Å². The number of methoxy groups -OCH3 is 1. The van der Waals surface area contributed by atoms with Crippen molar-refractivity contribution in [3.05, 3.63) is 58.9 Å². The Hall–Kier alpha value is -2.85. The topological polar surface area (TPSA) is 96.0 Å². The van der Waals surface area contributed by atoms with Crippen molar-refractivity contribution in [1.82, 2.24) is 10.2 Å². The number of hydrogen-bond acceptors (Lipinski definition) is 5. The monoisotopic (exact) mass is 555 g/mol. The molecule has 1 N–H and O–H groups in total. The van der Waals surface area contributed by atoms with E-state index in [1.165, 1.54) is 34.5 Å². The molecule has 2 aromatic carbocycles. The molecule has 0 radical (unpaired) electrons. The van der Waals surface area contributed by atoms with E-state index in [0.29, 0.717) is 23.4 Å². The summed E-state index contributed by atoms with van der Waals surface area (Å²) in [5.41, 5.74) is 1.03. The molecule has 0 bridgehead atoms. The van der Waals surface area contributed by atoms with Crippen LogP contribution < -0.4 is 14.4 Å². The lowest BCUT2D eigenvalue weighted by molar-refractivity contribution is -0.141. The predicted octanol–water partition coefficient (Wildman–Crippen LogP) is 4.37. The Balaban J connectivity index is 2.23. The molecule has 2 rings (SSSR count). The number of ether oxygens (including phenoxy) is 1. The molecule has 2 aromatic rings. The first kappa shape index (κ1) is 30.4. The number of nitrogens with zero attached hydrogens (tertiary/aromatic N) is 2. The molecule has 204 valence electrons. The third-order valence-electron chi connectivity index (χ3n) is 5.66. The standard InChI is InChI=1S/C26H35ClFN3O5S/c1-6-23(26(33)29-18(2)3)30(17-19-9-11-20(28)12-10-19)25(32)8-7-15-31(37(5,34)35)21-13-14-24(36-4)22(27)16-21/h9-14,16,18,23H,6-8,15,17H2,1-5H3,(H,29,33). The molecular weight excluding hydrogens is 521 g/mol. The zero-order valence-electron chi connectivity index (χ0n) is 21.8. The molecule has 0 spiro atoms. The molecule has 1 unspecified atom stereocenters. The van der Waals surface area contributed by atoms with Gasteiger partial charge in [-0.3, -0.25) is 13.9 Å². The summed E-state index contributed by atoms with van der Waals surface area (Å²) in [5.74, 6) is -0.573. The Bertz CT molecular complexity index is 1180. The van der Waals surface area contributed by atoms with Crippen molar-refractivity contribution in [2.75, 3.05) is 24.2 Å². The fourth-order valence-corrected chi connectivity index (χ4v) is 5.11. The van der Waals surface area contributed by atoms with E-state index in [1.54, 1.807) is 24.3 Å². The number of nitrogens with one attached hydrogen (secondary N) is 1. The van der Waals surface area contributed by atoms with Gasteiger partial charge in [0.25, 0.3) is 0 Å². The molecule has 0 aliphatic heterocycles.